The van der Waals surface area contributed by atoms with Crippen molar-refractivity contribution in [2.45, 2.75) is 5.92 Å². The second-order valence-corrected chi connectivity index (χ2v) is 5.17. The van der Waals surface area contributed by atoms with Gasteiger partial charge in [0.1, 0.15) is 23.9 Å². The molecule has 0 aliphatic carbocycles. The fourth-order valence-corrected chi connectivity index (χ4v) is 2.73. The third kappa shape index (κ3) is 1.84. The standard InChI is InChI=1S/C16H12O6/c17-8-1-2-9-13(3-8)20-6-11(16(9)19)10-4-14-15(5-12(10)18)22-7-21-14/h1-5,11,17-18H,6-7H2/t11-/m0/s1. The summed E-state index contributed by atoms with van der Waals surface area (Å²) in [7, 11) is 0. The summed E-state index contributed by atoms with van der Waals surface area (Å²) in [4.78, 5) is 12.6. The van der Waals surface area contributed by atoms with E-state index in [1.54, 1.807) is 6.07 Å². The molecule has 0 amide bonds. The van der Waals surface area contributed by atoms with Crippen molar-refractivity contribution in [2.75, 3.05) is 13.4 Å². The first-order valence-corrected chi connectivity index (χ1v) is 6.76. The highest BCUT2D eigenvalue weighted by atomic mass is 16.7. The fraction of sp³-hybridized carbons (Fsp3) is 0.188. The second kappa shape index (κ2) is 4.56. The van der Waals surface area contributed by atoms with Gasteiger partial charge in [-0.25, -0.2) is 0 Å². The SMILES string of the molecule is O=C1c2ccc(O)cc2OC[C@H]1c1cc2c(cc1O)OCO2. The van der Waals surface area contributed by atoms with Crippen molar-refractivity contribution in [3.63, 3.8) is 0 Å². The Labute approximate surface area is 125 Å². The van der Waals surface area contributed by atoms with Crippen LogP contribution in [0.5, 0.6) is 28.7 Å². The van der Waals surface area contributed by atoms with Gasteiger partial charge in [-0.05, 0) is 18.2 Å². The summed E-state index contributed by atoms with van der Waals surface area (Å²) in [6, 6.07) is 7.40. The van der Waals surface area contributed by atoms with Crippen molar-refractivity contribution in [1.29, 1.82) is 0 Å². The highest BCUT2D eigenvalue weighted by Crippen LogP contribution is 2.43. The van der Waals surface area contributed by atoms with E-state index in [0.29, 0.717) is 28.4 Å². The number of rotatable bonds is 1. The molecule has 112 valence electrons. The Morgan fingerprint density at radius 1 is 0.955 bits per heavy atom. The molecule has 0 unspecified atom stereocenters. The van der Waals surface area contributed by atoms with E-state index in [-0.39, 0.29) is 30.7 Å². The van der Waals surface area contributed by atoms with E-state index >= 15 is 0 Å². The van der Waals surface area contributed by atoms with E-state index in [0.717, 1.165) is 0 Å². The average molecular weight is 300 g/mol. The lowest BCUT2D eigenvalue weighted by atomic mass is 9.88. The molecule has 6 nitrogen and oxygen atoms in total. The van der Waals surface area contributed by atoms with Gasteiger partial charge in [-0.15, -0.1) is 0 Å². The molecule has 0 bridgehead atoms. The van der Waals surface area contributed by atoms with Crippen LogP contribution in [0.4, 0.5) is 0 Å². The van der Waals surface area contributed by atoms with E-state index in [4.69, 9.17) is 14.2 Å². The summed E-state index contributed by atoms with van der Waals surface area (Å²) < 4.78 is 16.0. The summed E-state index contributed by atoms with van der Waals surface area (Å²) >= 11 is 0. The van der Waals surface area contributed by atoms with Crippen molar-refractivity contribution in [3.8, 4) is 28.7 Å². The smallest absolute Gasteiger partial charge is 0.231 e. The zero-order chi connectivity index (χ0) is 15.3. The first-order valence-electron chi connectivity index (χ1n) is 6.76. The zero-order valence-corrected chi connectivity index (χ0v) is 11.4. The van der Waals surface area contributed by atoms with Crippen molar-refractivity contribution in [2.24, 2.45) is 0 Å². The number of hydrogen-bond donors (Lipinski definition) is 2. The zero-order valence-electron chi connectivity index (χ0n) is 11.4. The lowest BCUT2D eigenvalue weighted by molar-refractivity contribution is 0.0894. The largest absolute Gasteiger partial charge is 0.508 e. The molecule has 6 heteroatoms. The molecule has 2 aromatic carbocycles. The van der Waals surface area contributed by atoms with Crippen LogP contribution in [0.1, 0.15) is 21.8 Å². The Kier molecular flexibility index (Phi) is 2.66. The molecule has 2 heterocycles. The van der Waals surface area contributed by atoms with E-state index in [2.05, 4.69) is 0 Å². The van der Waals surface area contributed by atoms with Crippen molar-refractivity contribution < 1.29 is 29.2 Å². The third-order valence-electron chi connectivity index (χ3n) is 3.85. The molecular formula is C16H12O6. The number of ether oxygens (including phenoxy) is 3. The molecule has 2 aliphatic rings. The summed E-state index contributed by atoms with van der Waals surface area (Å²) in [5.74, 6) is 0.501. The number of phenols is 2. The van der Waals surface area contributed by atoms with E-state index in [9.17, 15) is 15.0 Å². The van der Waals surface area contributed by atoms with Gasteiger partial charge in [0.2, 0.25) is 6.79 Å². The minimum Gasteiger partial charge on any atom is -0.508 e. The minimum absolute atomic E-state index is 0.0339. The monoisotopic (exact) mass is 300 g/mol. The molecule has 2 aromatic rings. The van der Waals surface area contributed by atoms with E-state index < -0.39 is 5.92 Å². The molecule has 0 fully saturated rings. The lowest BCUT2D eigenvalue weighted by Gasteiger charge is -2.25. The predicted octanol–water partition coefficient (Wildman–Crippen LogP) is 2.19. The summed E-state index contributed by atoms with van der Waals surface area (Å²) in [6.07, 6.45) is 0. The topological polar surface area (TPSA) is 85.2 Å². The molecule has 2 aliphatic heterocycles. The minimum atomic E-state index is -0.633. The van der Waals surface area contributed by atoms with Crippen LogP contribution >= 0.6 is 0 Å². The first kappa shape index (κ1) is 12.8. The van der Waals surface area contributed by atoms with Gasteiger partial charge in [-0.2, -0.15) is 0 Å². The Balaban J connectivity index is 1.76. The Hall–Kier alpha value is -2.89. The maximum Gasteiger partial charge on any atom is 0.231 e. The van der Waals surface area contributed by atoms with Crippen LogP contribution in [0.15, 0.2) is 30.3 Å². The average Bonchev–Trinajstić information content (AvgIpc) is 2.94. The molecule has 0 spiro atoms. The number of benzene rings is 2. The number of hydrogen-bond acceptors (Lipinski definition) is 6. The Bertz CT molecular complexity index is 782. The van der Waals surface area contributed by atoms with Crippen LogP contribution < -0.4 is 14.2 Å². The highest BCUT2D eigenvalue weighted by Gasteiger charge is 2.33. The van der Waals surface area contributed by atoms with Gasteiger partial charge < -0.3 is 24.4 Å². The number of aromatic hydroxyl groups is 2. The van der Waals surface area contributed by atoms with Gasteiger partial charge in [0.05, 0.1) is 11.5 Å². The van der Waals surface area contributed by atoms with Crippen LogP contribution in [0.3, 0.4) is 0 Å². The van der Waals surface area contributed by atoms with Crippen molar-refractivity contribution >= 4 is 5.78 Å². The van der Waals surface area contributed by atoms with Crippen LogP contribution in [-0.4, -0.2) is 29.4 Å². The molecule has 0 aromatic heterocycles. The molecule has 0 saturated heterocycles. The van der Waals surface area contributed by atoms with Gasteiger partial charge in [-0.1, -0.05) is 0 Å². The van der Waals surface area contributed by atoms with Gasteiger partial charge in [-0.3, -0.25) is 4.79 Å². The quantitative estimate of drug-likeness (QED) is 0.839. The molecule has 0 saturated carbocycles. The van der Waals surface area contributed by atoms with Gasteiger partial charge in [0, 0.05) is 17.7 Å². The molecule has 1 atom stereocenters. The number of carbonyl (C=O) groups is 1. The van der Waals surface area contributed by atoms with Gasteiger partial charge in [0.25, 0.3) is 0 Å². The number of Topliss-reactive ketones (excluding diaryl/α,β-unsaturated/α-hetero) is 1. The van der Waals surface area contributed by atoms with Crippen LogP contribution in [0.25, 0.3) is 0 Å². The molecule has 22 heavy (non-hydrogen) atoms. The molecule has 2 N–H and O–H groups in total. The predicted molar refractivity (Wildman–Crippen MR) is 74.9 cm³/mol. The van der Waals surface area contributed by atoms with E-state index in [1.165, 1.54) is 24.3 Å². The molecule has 4 rings (SSSR count). The second-order valence-electron chi connectivity index (χ2n) is 5.17. The number of ketones is 1. The maximum atomic E-state index is 12.6. The first-order chi connectivity index (χ1) is 10.6. The highest BCUT2D eigenvalue weighted by molar-refractivity contribution is 6.04. The number of fused-ring (bicyclic) bond motifs is 2. The summed E-state index contributed by atoms with van der Waals surface area (Å²) in [5.41, 5.74) is 0.819. The normalized spacial score (nSPS) is 18.7. The van der Waals surface area contributed by atoms with Gasteiger partial charge in [0.15, 0.2) is 17.3 Å². The summed E-state index contributed by atoms with van der Waals surface area (Å²) in [6.45, 7) is 0.179. The van der Waals surface area contributed by atoms with Crippen LogP contribution in [-0.2, 0) is 0 Å². The van der Waals surface area contributed by atoms with Crippen molar-refractivity contribution in [1.82, 2.24) is 0 Å². The van der Waals surface area contributed by atoms with Crippen LogP contribution in [0, 0.1) is 0 Å². The number of carbonyl (C=O) groups excluding carboxylic acids is 1. The third-order valence-corrected chi connectivity index (χ3v) is 3.85. The Morgan fingerprint density at radius 2 is 1.73 bits per heavy atom. The van der Waals surface area contributed by atoms with Gasteiger partial charge >= 0.3 is 0 Å². The van der Waals surface area contributed by atoms with E-state index in [1.807, 2.05) is 0 Å². The fourth-order valence-electron chi connectivity index (χ4n) is 2.73. The number of phenolic OH excluding ortho intramolecular Hbond substituents is 2. The molecule has 0 radical (unpaired) electrons. The maximum absolute atomic E-state index is 12.6. The van der Waals surface area contributed by atoms with Crippen LogP contribution in [0.2, 0.25) is 0 Å². The van der Waals surface area contributed by atoms with Crippen molar-refractivity contribution in [3.05, 3.63) is 41.5 Å². The molecular weight excluding hydrogens is 288 g/mol. The summed E-state index contributed by atoms with van der Waals surface area (Å²) in [5, 5.41) is 19.6. The lowest BCUT2D eigenvalue weighted by Crippen LogP contribution is -2.26. The Morgan fingerprint density at radius 3 is 2.55 bits per heavy atom.